The van der Waals surface area contributed by atoms with Gasteiger partial charge in [-0.15, -0.1) is 0 Å². The minimum Gasteiger partial charge on any atom is -0.497 e. The summed E-state index contributed by atoms with van der Waals surface area (Å²) in [6.07, 6.45) is 8.95. The van der Waals surface area contributed by atoms with Crippen molar-refractivity contribution in [1.82, 2.24) is 9.13 Å². The lowest BCUT2D eigenvalue weighted by atomic mass is 9.88. The summed E-state index contributed by atoms with van der Waals surface area (Å²) in [4.78, 5) is 9.13. The summed E-state index contributed by atoms with van der Waals surface area (Å²) in [5.74, 6) is 9.85. The zero-order valence-corrected chi connectivity index (χ0v) is 83.6. The van der Waals surface area contributed by atoms with E-state index in [2.05, 4.69) is 264 Å². The lowest BCUT2D eigenvalue weighted by Gasteiger charge is -2.27. The monoisotopic (exact) mass is 1890 g/mol. The van der Waals surface area contributed by atoms with E-state index in [0.29, 0.717) is 36.5 Å². The molecule has 16 aromatic carbocycles. The molecule has 722 valence electrons. The van der Waals surface area contributed by atoms with Crippen molar-refractivity contribution in [3.63, 3.8) is 0 Å². The summed E-state index contributed by atoms with van der Waals surface area (Å²) in [7, 11) is 13.6. The highest BCUT2D eigenvalue weighted by molar-refractivity contribution is 6.13. The molecule has 0 amide bonds. The quantitative estimate of drug-likeness (QED) is 0.0358. The third-order valence-corrected chi connectivity index (χ3v) is 27.2. The summed E-state index contributed by atoms with van der Waals surface area (Å²) in [6, 6.07) is 119. The fraction of sp³-hybridized carbons (Fsp3) is 0.226. The Bertz CT molecular complexity index is 6380. The van der Waals surface area contributed by atoms with E-state index in [4.69, 9.17) is 56.8 Å². The first-order valence-corrected chi connectivity index (χ1v) is 49.1. The Balaban J connectivity index is 0.891. The van der Waals surface area contributed by atoms with Crippen molar-refractivity contribution in [2.45, 2.75) is 106 Å². The summed E-state index contributed by atoms with van der Waals surface area (Å²) in [6.45, 7) is 15.1. The van der Waals surface area contributed by atoms with Gasteiger partial charge in [-0.3, -0.25) is 0 Å². The highest BCUT2D eigenvalue weighted by Gasteiger charge is 2.29. The Hall–Kier alpha value is -16.1. The van der Waals surface area contributed by atoms with Crippen molar-refractivity contribution in [3.8, 4) is 91.5 Å². The standard InChI is InChI=1S/C124H124N6O12/c1-15-19-21-85(17-3)79-139-111-59-63-113(64-60-111)141-81-87-73-101(129-119-75-97(125(89-23-43-103(131-7)44-24-89)90-25-45-104(132-8)46-26-90)39-67-115(119)116-68-40-98(76-120(116)129)126(91-27-47-105(133-9)48-28-91)92-29-49-106(134-10)50-30-92)71-83(5)123(87)124-84(6)72-102(74-88(124)82-142-114-65-61-112(62-66-114)140-80-86(18-4)22-20-16-2)130-121-77-99(127(93-31-51-107(135-11)52-32-93)94-33-53-108(136-12)54-34-94)41-69-117(121)118-70-42-100(78-122(118)130)128(95-35-55-109(137-13)56-36-95)96-37-57-110(138-14)58-38-96/h23-78,85-86H,15-22,79-82H2,1-14H3. The molecule has 18 heteroatoms. The van der Waals surface area contributed by atoms with Gasteiger partial charge < -0.3 is 85.6 Å². The largest absolute Gasteiger partial charge is 0.497 e. The van der Waals surface area contributed by atoms with E-state index in [1.54, 1.807) is 56.9 Å². The molecule has 0 bridgehead atoms. The Morgan fingerprint density at radius 1 is 0.225 bits per heavy atom. The van der Waals surface area contributed by atoms with Crippen molar-refractivity contribution in [2.24, 2.45) is 11.8 Å². The van der Waals surface area contributed by atoms with Gasteiger partial charge in [-0.05, 0) is 387 Å². The number of unbranched alkanes of at least 4 members (excludes halogenated alkanes) is 2. The number of anilines is 12. The van der Waals surface area contributed by atoms with Crippen LogP contribution < -0.4 is 76.4 Å². The smallest absolute Gasteiger partial charge is 0.120 e. The van der Waals surface area contributed by atoms with Gasteiger partial charge in [0.1, 0.15) is 82.2 Å². The van der Waals surface area contributed by atoms with Gasteiger partial charge in [-0.1, -0.05) is 90.5 Å². The van der Waals surface area contributed by atoms with Crippen LogP contribution in [0.5, 0.6) is 69.0 Å². The zero-order valence-electron chi connectivity index (χ0n) is 83.6. The molecule has 18 nitrogen and oxygen atoms in total. The number of benzene rings is 16. The summed E-state index contributed by atoms with van der Waals surface area (Å²) >= 11 is 0. The van der Waals surface area contributed by atoms with Crippen LogP contribution in [0.3, 0.4) is 0 Å². The maximum Gasteiger partial charge on any atom is 0.120 e. The Labute approximate surface area is 833 Å². The van der Waals surface area contributed by atoms with Gasteiger partial charge in [0.05, 0.1) is 92.2 Å². The summed E-state index contributed by atoms with van der Waals surface area (Å²) < 4.78 is 79.2. The van der Waals surface area contributed by atoms with Crippen LogP contribution >= 0.6 is 0 Å². The van der Waals surface area contributed by atoms with Crippen LogP contribution in [-0.4, -0.2) is 79.2 Å². The Morgan fingerprint density at radius 3 is 0.620 bits per heavy atom. The molecule has 142 heavy (non-hydrogen) atoms. The van der Waals surface area contributed by atoms with Crippen LogP contribution in [0.4, 0.5) is 68.2 Å². The number of aromatic nitrogens is 2. The highest BCUT2D eigenvalue weighted by atomic mass is 16.5. The molecule has 2 heterocycles. The summed E-state index contributed by atoms with van der Waals surface area (Å²) in [5, 5.41) is 4.18. The maximum atomic E-state index is 7.38. The second-order valence-electron chi connectivity index (χ2n) is 36.0. The normalized spacial score (nSPS) is 11.7. The molecular formula is C124H124N6O12. The van der Waals surface area contributed by atoms with Gasteiger partial charge in [0.2, 0.25) is 0 Å². The van der Waals surface area contributed by atoms with Crippen molar-refractivity contribution >= 4 is 112 Å². The predicted octanol–water partition coefficient (Wildman–Crippen LogP) is 32.5. The number of ether oxygens (including phenoxy) is 12. The number of aryl methyl sites for hydroxylation is 2. The van der Waals surface area contributed by atoms with E-state index in [9.17, 15) is 0 Å². The van der Waals surface area contributed by atoms with E-state index in [1.807, 2.05) is 146 Å². The van der Waals surface area contributed by atoms with E-state index in [0.717, 1.165) is 265 Å². The molecule has 0 spiro atoms. The molecular weight excluding hydrogens is 1770 g/mol. The number of fused-ring (bicyclic) bond motifs is 6. The van der Waals surface area contributed by atoms with Crippen LogP contribution in [0.2, 0.25) is 0 Å². The predicted molar refractivity (Wildman–Crippen MR) is 580 cm³/mol. The number of rotatable bonds is 43. The molecule has 0 fully saturated rings. The van der Waals surface area contributed by atoms with Gasteiger partial charge >= 0.3 is 0 Å². The first-order valence-electron chi connectivity index (χ1n) is 49.1. The van der Waals surface area contributed by atoms with Gasteiger partial charge in [0, 0.05) is 101 Å². The third kappa shape index (κ3) is 20.8. The number of nitrogens with zero attached hydrogens (tertiary/aromatic N) is 6. The van der Waals surface area contributed by atoms with Crippen LogP contribution in [0.1, 0.15) is 101 Å². The number of hydrogen-bond acceptors (Lipinski definition) is 16. The lowest BCUT2D eigenvalue weighted by Crippen LogP contribution is -2.11. The van der Waals surface area contributed by atoms with E-state index >= 15 is 0 Å². The van der Waals surface area contributed by atoms with Crippen LogP contribution in [0.25, 0.3) is 66.1 Å². The number of hydrogen-bond donors (Lipinski definition) is 0. The van der Waals surface area contributed by atoms with Crippen molar-refractivity contribution in [2.75, 3.05) is 89.7 Å². The molecule has 0 aliphatic rings. The van der Waals surface area contributed by atoms with Crippen molar-refractivity contribution < 1.29 is 56.8 Å². The van der Waals surface area contributed by atoms with Gasteiger partial charge in [-0.25, -0.2) is 0 Å². The Kier molecular flexibility index (Phi) is 30.1. The fourth-order valence-corrected chi connectivity index (χ4v) is 19.4. The molecule has 0 aliphatic heterocycles. The molecule has 0 saturated carbocycles. The molecule has 18 aromatic rings. The molecule has 0 N–H and O–H groups in total. The second kappa shape index (κ2) is 44.4. The van der Waals surface area contributed by atoms with Crippen LogP contribution in [-0.2, 0) is 13.2 Å². The molecule has 0 aliphatic carbocycles. The molecule has 0 saturated heterocycles. The Morgan fingerprint density at radius 2 is 0.423 bits per heavy atom. The van der Waals surface area contributed by atoms with Crippen LogP contribution in [0, 0.1) is 25.7 Å². The molecule has 0 radical (unpaired) electrons. The maximum absolute atomic E-state index is 7.38. The molecule has 18 rings (SSSR count). The first-order chi connectivity index (χ1) is 69.6. The molecule has 2 unspecified atom stereocenters. The molecule has 2 aromatic heterocycles. The summed E-state index contributed by atoms with van der Waals surface area (Å²) in [5.41, 5.74) is 22.6. The lowest BCUT2D eigenvalue weighted by molar-refractivity contribution is 0.232. The fourth-order valence-electron chi connectivity index (χ4n) is 19.4. The second-order valence-corrected chi connectivity index (χ2v) is 36.0. The minimum absolute atomic E-state index is 0.148. The topological polar surface area (TPSA) is 134 Å². The average molecular weight is 1890 g/mol. The van der Waals surface area contributed by atoms with Crippen molar-refractivity contribution in [1.29, 1.82) is 0 Å². The van der Waals surface area contributed by atoms with Gasteiger partial charge in [0.25, 0.3) is 0 Å². The minimum atomic E-state index is 0.148. The van der Waals surface area contributed by atoms with Crippen LogP contribution in [0.15, 0.2) is 340 Å². The van der Waals surface area contributed by atoms with E-state index < -0.39 is 0 Å². The van der Waals surface area contributed by atoms with E-state index in [1.165, 1.54) is 0 Å². The van der Waals surface area contributed by atoms with Gasteiger partial charge in [-0.2, -0.15) is 0 Å². The number of methoxy groups -OCH3 is 8. The van der Waals surface area contributed by atoms with E-state index in [-0.39, 0.29) is 13.2 Å². The third-order valence-electron chi connectivity index (χ3n) is 27.2. The average Bonchev–Trinajstić information content (AvgIpc) is 1.57. The molecule has 2 atom stereocenters. The van der Waals surface area contributed by atoms with Gasteiger partial charge in [0.15, 0.2) is 0 Å². The highest BCUT2D eigenvalue weighted by Crippen LogP contribution is 2.50. The van der Waals surface area contributed by atoms with Crippen molar-refractivity contribution in [3.05, 3.63) is 362 Å². The SMILES string of the molecule is CCCCC(CC)COc1ccc(OCc2cc(-n3c4cc(N(c5ccc(OC)cc5)c5ccc(OC)cc5)ccc4c4ccc(N(c5ccc(OC)cc5)c5ccc(OC)cc5)cc43)cc(C)c2-c2c(C)cc(-n3c4cc(N(c5ccc(OC)cc5)c5ccc(OC)cc5)ccc4c4ccc(N(c5ccc(OC)cc5)c5ccc(OC)cc5)cc43)cc2COc2ccc(OCC(CC)CCCC)cc2)cc1. The first kappa shape index (κ1) is 96.2. The zero-order chi connectivity index (χ0) is 98.3.